The van der Waals surface area contributed by atoms with Crippen LogP contribution >= 0.6 is 25.3 Å². The lowest BCUT2D eigenvalue weighted by Crippen LogP contribution is -2.28. The summed E-state index contributed by atoms with van der Waals surface area (Å²) in [5.41, 5.74) is 0. The molecule has 0 spiro atoms. The van der Waals surface area contributed by atoms with Crippen molar-refractivity contribution in [1.29, 1.82) is 0 Å². The summed E-state index contributed by atoms with van der Waals surface area (Å²) >= 11 is 8.70. The van der Waals surface area contributed by atoms with E-state index in [1.54, 1.807) is 6.92 Å². The number of carboxylic acid groups (broad SMARTS) is 1. The Kier molecular flexibility index (Phi) is 28.7. The predicted molar refractivity (Wildman–Crippen MR) is 177 cm³/mol. The van der Waals surface area contributed by atoms with Gasteiger partial charge in [-0.3, -0.25) is 4.79 Å². The van der Waals surface area contributed by atoms with E-state index in [0.29, 0.717) is 10.3 Å². The quantitative estimate of drug-likeness (QED) is 0.0727. The van der Waals surface area contributed by atoms with E-state index in [-0.39, 0.29) is 6.42 Å². The van der Waals surface area contributed by atoms with Crippen LogP contribution in [0.4, 0.5) is 5.95 Å². The number of thiol groups is 2. The minimum atomic E-state index is -0.745. The van der Waals surface area contributed by atoms with Gasteiger partial charge in [0.25, 0.3) is 0 Å². The first kappa shape index (κ1) is 39.0. The molecule has 1 rings (SSSR count). The molecule has 0 radical (unpaired) electrons. The average Bonchev–Trinajstić information content (AvgIpc) is 2.93. The summed E-state index contributed by atoms with van der Waals surface area (Å²) in [6, 6.07) is 0. The zero-order valence-corrected chi connectivity index (χ0v) is 28.0. The van der Waals surface area contributed by atoms with E-state index in [1.807, 2.05) is 0 Å². The van der Waals surface area contributed by atoms with E-state index >= 15 is 0 Å². The molecule has 1 aromatic rings. The maximum atomic E-state index is 9.37. The Bertz CT molecular complexity index is 663. The number of carboxylic acids is 1. The van der Waals surface area contributed by atoms with Crippen LogP contribution in [0.25, 0.3) is 0 Å². The van der Waals surface area contributed by atoms with Crippen molar-refractivity contribution in [3.63, 3.8) is 0 Å². The van der Waals surface area contributed by atoms with E-state index in [4.69, 9.17) is 5.11 Å². The van der Waals surface area contributed by atoms with Crippen LogP contribution < -0.4 is 4.90 Å². The molecule has 6 nitrogen and oxygen atoms in total. The first-order valence-electron chi connectivity index (χ1n) is 16.5. The van der Waals surface area contributed by atoms with Crippen molar-refractivity contribution < 1.29 is 9.90 Å². The molecule has 40 heavy (non-hydrogen) atoms. The number of hydrogen-bond donors (Lipinski definition) is 3. The highest BCUT2D eigenvalue weighted by Crippen LogP contribution is 2.17. The number of aliphatic carboxylic acids is 1. The van der Waals surface area contributed by atoms with Crippen molar-refractivity contribution in [1.82, 2.24) is 15.0 Å². The number of aromatic nitrogens is 3. The van der Waals surface area contributed by atoms with Gasteiger partial charge in [0.2, 0.25) is 5.95 Å². The molecule has 0 fully saturated rings. The van der Waals surface area contributed by atoms with Crippen LogP contribution in [0.2, 0.25) is 0 Å². The molecule has 0 unspecified atom stereocenters. The normalized spacial score (nSPS) is 10.8. The minimum Gasteiger partial charge on any atom is -0.481 e. The Morgan fingerprint density at radius 1 is 0.550 bits per heavy atom. The highest BCUT2D eigenvalue weighted by Gasteiger charge is 2.11. The SMILES string of the molecule is CCC(=O)O.CCCCCCCCCCCCCN(CCCCCCCCCCCCC)c1nc(S)nc(S)n1. The second kappa shape index (κ2) is 29.5. The molecule has 0 aliphatic carbocycles. The van der Waals surface area contributed by atoms with Crippen LogP contribution in [0.3, 0.4) is 0 Å². The third kappa shape index (κ3) is 25.9. The van der Waals surface area contributed by atoms with Crippen LogP contribution in [0.1, 0.15) is 168 Å². The summed E-state index contributed by atoms with van der Waals surface area (Å²) < 4.78 is 0. The summed E-state index contributed by atoms with van der Waals surface area (Å²) in [5, 5.41) is 8.64. The number of unbranched alkanes of at least 4 members (excludes halogenated alkanes) is 20. The van der Waals surface area contributed by atoms with Crippen LogP contribution in [-0.4, -0.2) is 39.1 Å². The molecular weight excluding hydrogens is 537 g/mol. The van der Waals surface area contributed by atoms with Gasteiger partial charge in [0.1, 0.15) is 0 Å². The van der Waals surface area contributed by atoms with Crippen LogP contribution in [0, 0.1) is 0 Å². The molecule has 0 aliphatic heterocycles. The summed E-state index contributed by atoms with van der Waals surface area (Å²) in [4.78, 5) is 24.8. The van der Waals surface area contributed by atoms with Crippen molar-refractivity contribution in [2.75, 3.05) is 18.0 Å². The largest absolute Gasteiger partial charge is 0.481 e. The second-order valence-electron chi connectivity index (χ2n) is 11.0. The molecule has 0 atom stereocenters. The highest BCUT2D eigenvalue weighted by molar-refractivity contribution is 7.80. The zero-order valence-electron chi connectivity index (χ0n) is 26.2. The molecule has 0 bridgehead atoms. The molecule has 0 amide bonds. The van der Waals surface area contributed by atoms with Crippen molar-refractivity contribution in [3.8, 4) is 0 Å². The van der Waals surface area contributed by atoms with Gasteiger partial charge in [-0.1, -0.05) is 149 Å². The Morgan fingerprint density at radius 3 is 1.10 bits per heavy atom. The number of anilines is 1. The molecule has 0 aliphatic rings. The topological polar surface area (TPSA) is 79.2 Å². The zero-order chi connectivity index (χ0) is 29.7. The van der Waals surface area contributed by atoms with Crippen LogP contribution in [0.5, 0.6) is 0 Å². The van der Waals surface area contributed by atoms with Crippen molar-refractivity contribution in [2.24, 2.45) is 0 Å². The number of nitrogens with zero attached hydrogens (tertiary/aromatic N) is 4. The maximum Gasteiger partial charge on any atom is 0.303 e. The molecule has 0 saturated carbocycles. The van der Waals surface area contributed by atoms with Gasteiger partial charge in [0.15, 0.2) is 10.3 Å². The minimum absolute atomic E-state index is 0.222. The van der Waals surface area contributed by atoms with Gasteiger partial charge < -0.3 is 10.0 Å². The van der Waals surface area contributed by atoms with Gasteiger partial charge >= 0.3 is 5.97 Å². The number of hydrogen-bond acceptors (Lipinski definition) is 7. The smallest absolute Gasteiger partial charge is 0.303 e. The van der Waals surface area contributed by atoms with E-state index in [2.05, 4.69) is 59.0 Å². The van der Waals surface area contributed by atoms with Gasteiger partial charge in [-0.25, -0.2) is 0 Å². The van der Waals surface area contributed by atoms with E-state index in [1.165, 1.54) is 141 Å². The van der Waals surface area contributed by atoms with E-state index in [9.17, 15) is 4.79 Å². The second-order valence-corrected chi connectivity index (χ2v) is 11.8. The maximum absolute atomic E-state index is 9.37. The monoisotopic (exact) mass is 598 g/mol. The van der Waals surface area contributed by atoms with Crippen molar-refractivity contribution >= 4 is 37.2 Å². The Morgan fingerprint density at radius 2 is 0.825 bits per heavy atom. The molecule has 1 aromatic heterocycles. The van der Waals surface area contributed by atoms with Crippen molar-refractivity contribution in [3.05, 3.63) is 0 Å². The summed E-state index contributed by atoms with van der Waals surface area (Å²) in [7, 11) is 0. The molecule has 234 valence electrons. The molecule has 1 heterocycles. The lowest BCUT2D eigenvalue weighted by molar-refractivity contribution is -0.136. The van der Waals surface area contributed by atoms with E-state index in [0.717, 1.165) is 19.0 Å². The third-order valence-corrected chi connectivity index (χ3v) is 7.65. The fourth-order valence-corrected chi connectivity index (χ4v) is 5.18. The van der Waals surface area contributed by atoms with Gasteiger partial charge in [-0.15, -0.1) is 25.3 Å². The summed E-state index contributed by atoms with van der Waals surface area (Å²) in [6.45, 7) is 8.20. The Balaban J connectivity index is 0.00000277. The highest BCUT2D eigenvalue weighted by atomic mass is 32.1. The first-order chi connectivity index (χ1) is 19.4. The molecule has 8 heteroatoms. The van der Waals surface area contributed by atoms with Gasteiger partial charge in [-0.2, -0.15) is 15.0 Å². The molecular formula is C32H62N4O2S2. The Hall–Kier alpha value is -1.02. The third-order valence-electron chi connectivity index (χ3n) is 7.25. The summed E-state index contributed by atoms with van der Waals surface area (Å²) in [5.74, 6) is -0.000779. The average molecular weight is 599 g/mol. The molecule has 1 N–H and O–H groups in total. The predicted octanol–water partition coefficient (Wildman–Crippen LogP) is 10.4. The summed E-state index contributed by atoms with van der Waals surface area (Å²) in [6.07, 6.45) is 30.3. The lowest BCUT2D eigenvalue weighted by Gasteiger charge is -2.23. The van der Waals surface area contributed by atoms with Crippen molar-refractivity contribution in [2.45, 2.75) is 179 Å². The Labute approximate surface area is 258 Å². The van der Waals surface area contributed by atoms with Gasteiger partial charge in [0.05, 0.1) is 0 Å². The standard InChI is InChI=1S/C29H56N4S2.C3H6O2/c1-3-5-7-9-11-13-15-17-19-21-23-25-33(27-30-28(34)32-29(35)31-27)26-24-22-20-18-16-14-12-10-8-6-4-2;1-2-3(4)5/h3-26H2,1-2H3,(H2,30,31,32,34,35);2H2,1H3,(H,4,5). The molecule has 0 aromatic carbocycles. The number of rotatable bonds is 26. The van der Waals surface area contributed by atoms with E-state index < -0.39 is 5.97 Å². The molecule has 0 saturated heterocycles. The number of carbonyl (C=O) groups is 1. The van der Waals surface area contributed by atoms with Gasteiger partial charge in [-0.05, 0) is 12.8 Å². The first-order valence-corrected chi connectivity index (χ1v) is 17.4. The fraction of sp³-hybridized carbons (Fsp3) is 0.875. The van der Waals surface area contributed by atoms with Crippen LogP contribution in [0.15, 0.2) is 10.3 Å². The van der Waals surface area contributed by atoms with Crippen LogP contribution in [-0.2, 0) is 4.79 Å². The lowest BCUT2D eigenvalue weighted by atomic mass is 10.1. The van der Waals surface area contributed by atoms with Gasteiger partial charge in [0, 0.05) is 19.5 Å². The fourth-order valence-electron chi connectivity index (χ4n) is 4.73.